The number of H-pyrrole nitrogens is 1. The Balaban J connectivity index is 1.30. The van der Waals surface area contributed by atoms with Crippen LogP contribution in [0, 0.1) is 11.1 Å². The number of halogens is 1. The zero-order chi connectivity index (χ0) is 27.6. The number of imidazole rings is 1. The van der Waals surface area contributed by atoms with Gasteiger partial charge in [0.1, 0.15) is 24.4 Å². The maximum atomic E-state index is 13.5. The van der Waals surface area contributed by atoms with Crippen LogP contribution in [-0.2, 0) is 4.74 Å². The molecule has 11 heteroatoms. The first-order chi connectivity index (χ1) is 19.5. The second kappa shape index (κ2) is 10.8. The minimum absolute atomic E-state index is 0.192. The Morgan fingerprint density at radius 1 is 1.20 bits per heavy atom. The summed E-state index contributed by atoms with van der Waals surface area (Å²) in [5.41, 5.74) is 5.25. The molecular formula is C29H26ClN7O3. The number of nitrogens with zero attached hydrogens (tertiary/aromatic N) is 5. The van der Waals surface area contributed by atoms with Gasteiger partial charge in [-0.1, -0.05) is 36.6 Å². The summed E-state index contributed by atoms with van der Waals surface area (Å²) in [4.78, 5) is 23.6. The average molecular weight is 556 g/mol. The Kier molecular flexibility index (Phi) is 6.91. The molecule has 5 aromatic rings. The van der Waals surface area contributed by atoms with Gasteiger partial charge in [0.25, 0.3) is 0 Å². The predicted octanol–water partition coefficient (Wildman–Crippen LogP) is 5.72. The molecule has 3 heterocycles. The number of anilines is 1. The molecule has 1 saturated carbocycles. The van der Waals surface area contributed by atoms with Crippen LogP contribution >= 0.6 is 11.6 Å². The monoisotopic (exact) mass is 555 g/mol. The largest absolute Gasteiger partial charge is 0.618 e. The van der Waals surface area contributed by atoms with Crippen molar-refractivity contribution in [1.82, 2.24) is 24.7 Å². The Morgan fingerprint density at radius 3 is 2.70 bits per heavy atom. The fourth-order valence-corrected chi connectivity index (χ4v) is 4.99. The van der Waals surface area contributed by atoms with Crippen molar-refractivity contribution in [3.63, 3.8) is 0 Å². The molecule has 40 heavy (non-hydrogen) atoms. The molecule has 0 spiro atoms. The predicted molar refractivity (Wildman–Crippen MR) is 150 cm³/mol. The van der Waals surface area contributed by atoms with Crippen LogP contribution in [0.1, 0.15) is 36.7 Å². The number of nitrogens with one attached hydrogen (secondary N) is 2. The van der Waals surface area contributed by atoms with Crippen molar-refractivity contribution in [2.75, 3.05) is 12.4 Å². The molecule has 1 fully saturated rings. The van der Waals surface area contributed by atoms with E-state index >= 15 is 0 Å². The van der Waals surface area contributed by atoms with Gasteiger partial charge in [-0.25, -0.2) is 19.4 Å². The van der Waals surface area contributed by atoms with E-state index < -0.39 is 6.09 Å². The molecule has 0 radical (unpaired) electrons. The summed E-state index contributed by atoms with van der Waals surface area (Å²) in [5.74, 6) is 1.11. The first-order valence-electron chi connectivity index (χ1n) is 12.9. The first-order valence-corrected chi connectivity index (χ1v) is 13.2. The van der Waals surface area contributed by atoms with E-state index in [9.17, 15) is 10.0 Å². The number of aromatic amines is 1. The molecule has 3 aromatic heterocycles. The van der Waals surface area contributed by atoms with Gasteiger partial charge in [-0.05, 0) is 54.3 Å². The van der Waals surface area contributed by atoms with E-state index in [0.717, 1.165) is 57.9 Å². The molecule has 1 aliphatic rings. The van der Waals surface area contributed by atoms with Crippen LogP contribution in [0.5, 0.6) is 0 Å². The molecule has 0 aliphatic heterocycles. The average Bonchev–Trinajstić information content (AvgIpc) is 3.39. The number of pyridine rings is 1. The highest BCUT2D eigenvalue weighted by atomic mass is 35.5. The van der Waals surface area contributed by atoms with Gasteiger partial charge in [-0.2, -0.15) is 9.83 Å². The van der Waals surface area contributed by atoms with Gasteiger partial charge in [-0.3, -0.25) is 5.32 Å². The Hall–Kier alpha value is -4.70. The molecule has 2 N–H and O–H groups in total. The van der Waals surface area contributed by atoms with Crippen LogP contribution in [-0.4, -0.2) is 37.9 Å². The highest BCUT2D eigenvalue weighted by Crippen LogP contribution is 2.41. The number of ether oxygens (including phenoxy) is 1. The Labute approximate surface area is 235 Å². The topological polar surface area (TPSA) is 125 Å². The van der Waals surface area contributed by atoms with E-state index in [-0.39, 0.29) is 5.92 Å². The van der Waals surface area contributed by atoms with Crippen molar-refractivity contribution in [3.05, 3.63) is 101 Å². The van der Waals surface area contributed by atoms with Crippen LogP contribution in [0.15, 0.2) is 79.6 Å². The van der Waals surface area contributed by atoms with Crippen molar-refractivity contribution < 1.29 is 14.3 Å². The molecule has 1 aliphatic carbocycles. The number of methoxy groups -OCH3 is 1. The molecule has 1 unspecified atom stereocenters. The van der Waals surface area contributed by atoms with Crippen LogP contribution < -0.4 is 10.0 Å². The van der Waals surface area contributed by atoms with E-state index in [2.05, 4.69) is 30.1 Å². The molecule has 10 nitrogen and oxygen atoms in total. The van der Waals surface area contributed by atoms with Gasteiger partial charge >= 0.3 is 6.09 Å². The summed E-state index contributed by atoms with van der Waals surface area (Å²) in [6.45, 7) is 0. The standard InChI is InChI=1S/C29H26ClN7O3/c1-40-29(38)34-22-8-4-19(5-9-22)25-14-32-28(35-25)24(12-18-2-3-18)27-10-6-20(15-37(27)39)23-13-21(30)7-11-26(23)36-17-31-16-33-36/h4-11,13-18,24H,2-3,12H2,1H3,(H,32,35)(H,34,38). The molecule has 1 amide bonds. The van der Waals surface area contributed by atoms with Gasteiger partial charge in [0.2, 0.25) is 5.69 Å². The lowest BCUT2D eigenvalue weighted by Gasteiger charge is -2.16. The summed E-state index contributed by atoms with van der Waals surface area (Å²) >= 11 is 6.32. The molecule has 1 atom stereocenters. The molecule has 0 bridgehead atoms. The third-order valence-corrected chi connectivity index (χ3v) is 7.29. The minimum atomic E-state index is -0.526. The molecule has 0 saturated heterocycles. The highest BCUT2D eigenvalue weighted by Gasteiger charge is 2.33. The Bertz CT molecular complexity index is 1650. The summed E-state index contributed by atoms with van der Waals surface area (Å²) in [5, 5.41) is 20.9. The fraction of sp³-hybridized carbons (Fsp3) is 0.207. The number of hydrogen-bond acceptors (Lipinski definition) is 6. The maximum absolute atomic E-state index is 13.5. The number of aromatic nitrogens is 6. The minimum Gasteiger partial charge on any atom is -0.618 e. The molecule has 202 valence electrons. The number of amides is 1. The van der Waals surface area contributed by atoms with E-state index in [4.69, 9.17) is 11.6 Å². The molecule has 6 rings (SSSR count). The lowest BCUT2D eigenvalue weighted by Crippen LogP contribution is -2.34. The molecular weight excluding hydrogens is 530 g/mol. The summed E-state index contributed by atoms with van der Waals surface area (Å²) in [6.07, 6.45) is 9.03. The first kappa shape index (κ1) is 25.6. The van der Waals surface area contributed by atoms with Gasteiger partial charge in [0.15, 0.2) is 6.20 Å². The number of carbonyl (C=O) groups excluding carboxylic acids is 1. The van der Waals surface area contributed by atoms with Crippen molar-refractivity contribution >= 4 is 23.4 Å². The van der Waals surface area contributed by atoms with Crippen molar-refractivity contribution in [2.45, 2.75) is 25.2 Å². The van der Waals surface area contributed by atoms with Gasteiger partial charge < -0.3 is 14.9 Å². The second-order valence-electron chi connectivity index (χ2n) is 9.78. The lowest BCUT2D eigenvalue weighted by molar-refractivity contribution is -0.614. The summed E-state index contributed by atoms with van der Waals surface area (Å²) < 4.78 is 7.22. The number of benzene rings is 2. The highest BCUT2D eigenvalue weighted by molar-refractivity contribution is 6.31. The van der Waals surface area contributed by atoms with E-state index in [0.29, 0.717) is 22.3 Å². The van der Waals surface area contributed by atoms with Gasteiger partial charge in [-0.15, -0.1) is 0 Å². The third kappa shape index (κ3) is 5.39. The quantitative estimate of drug-likeness (QED) is 0.186. The van der Waals surface area contributed by atoms with Gasteiger partial charge in [0, 0.05) is 27.9 Å². The smallest absolute Gasteiger partial charge is 0.411 e. The summed E-state index contributed by atoms with van der Waals surface area (Å²) in [7, 11) is 1.32. The number of rotatable bonds is 8. The van der Waals surface area contributed by atoms with Crippen LogP contribution in [0.4, 0.5) is 10.5 Å². The van der Waals surface area contributed by atoms with Crippen molar-refractivity contribution in [3.8, 4) is 28.1 Å². The van der Waals surface area contributed by atoms with Crippen LogP contribution in [0.2, 0.25) is 5.02 Å². The summed E-state index contributed by atoms with van der Waals surface area (Å²) in [6, 6.07) is 16.6. The lowest BCUT2D eigenvalue weighted by atomic mass is 9.95. The van der Waals surface area contributed by atoms with E-state index in [1.165, 1.54) is 13.4 Å². The van der Waals surface area contributed by atoms with Crippen LogP contribution in [0.3, 0.4) is 0 Å². The fourth-order valence-electron chi connectivity index (χ4n) is 4.82. The zero-order valence-electron chi connectivity index (χ0n) is 21.6. The van der Waals surface area contributed by atoms with E-state index in [1.54, 1.807) is 41.6 Å². The third-order valence-electron chi connectivity index (χ3n) is 7.06. The second-order valence-corrected chi connectivity index (χ2v) is 10.2. The Morgan fingerprint density at radius 2 is 2.00 bits per heavy atom. The molecule has 2 aromatic carbocycles. The number of hydrogen-bond donors (Lipinski definition) is 2. The SMILES string of the molecule is COC(=O)Nc1ccc(-c2cnc(C(CC3CC3)c3ccc(-c4cc(Cl)ccc4-n4cncn4)c[n+]3[O-])[nH]2)cc1. The normalized spacial score (nSPS) is 13.7. The maximum Gasteiger partial charge on any atom is 0.411 e. The van der Waals surface area contributed by atoms with Crippen LogP contribution in [0.25, 0.3) is 28.1 Å². The van der Waals surface area contributed by atoms with E-state index in [1.807, 2.05) is 36.4 Å². The van der Waals surface area contributed by atoms with Crippen molar-refractivity contribution in [2.24, 2.45) is 5.92 Å². The van der Waals surface area contributed by atoms with Crippen molar-refractivity contribution in [1.29, 1.82) is 0 Å². The zero-order valence-corrected chi connectivity index (χ0v) is 22.4. The van der Waals surface area contributed by atoms with Gasteiger partial charge in [0.05, 0.1) is 24.7 Å². The number of carbonyl (C=O) groups is 1.